The van der Waals surface area contributed by atoms with Gasteiger partial charge in [-0.3, -0.25) is 9.59 Å². The topological polar surface area (TPSA) is 74.3 Å². The average molecular weight is 326 g/mol. The normalized spacial score (nSPS) is 11.5. The van der Waals surface area contributed by atoms with Crippen molar-refractivity contribution >= 4 is 23.3 Å². The molecule has 0 saturated carbocycles. The fourth-order valence-electron chi connectivity index (χ4n) is 2.11. The molecule has 1 heterocycles. The zero-order chi connectivity index (χ0) is 17.7. The van der Waals surface area contributed by atoms with Crippen molar-refractivity contribution in [2.75, 3.05) is 24.3 Å². The lowest BCUT2D eigenvalue weighted by molar-refractivity contribution is -0.136. The summed E-state index contributed by atoms with van der Waals surface area (Å²) in [5, 5.41) is 5.23. The number of amides is 2. The lowest BCUT2D eigenvalue weighted by Crippen LogP contribution is -2.36. The van der Waals surface area contributed by atoms with E-state index in [0.717, 1.165) is 16.9 Å². The Morgan fingerprint density at radius 3 is 2.25 bits per heavy atom. The minimum absolute atomic E-state index is 0.252. The van der Waals surface area contributed by atoms with Gasteiger partial charge in [-0.2, -0.15) is 0 Å². The molecule has 2 rings (SSSR count). The smallest absolute Gasteiger partial charge is 0.313 e. The van der Waals surface area contributed by atoms with Crippen LogP contribution in [0.25, 0.3) is 0 Å². The summed E-state index contributed by atoms with van der Waals surface area (Å²) in [7, 11) is 3.75. The Balaban J connectivity index is 1.94. The number of hydrogen-bond acceptors (Lipinski definition) is 4. The Morgan fingerprint density at radius 1 is 1.04 bits per heavy atom. The zero-order valence-corrected chi connectivity index (χ0v) is 14.3. The highest BCUT2D eigenvalue weighted by atomic mass is 16.2. The molecule has 0 radical (unpaired) electrons. The summed E-state index contributed by atoms with van der Waals surface area (Å²) >= 11 is 0. The van der Waals surface area contributed by atoms with Gasteiger partial charge in [0.25, 0.3) is 0 Å². The van der Waals surface area contributed by atoms with Gasteiger partial charge in [0.05, 0.1) is 17.9 Å². The van der Waals surface area contributed by atoms with E-state index in [9.17, 15) is 9.59 Å². The summed E-state index contributed by atoms with van der Waals surface area (Å²) in [5.41, 5.74) is 2.56. The van der Waals surface area contributed by atoms with Crippen LogP contribution < -0.4 is 15.5 Å². The molecule has 126 valence electrons. The average Bonchev–Trinajstić information content (AvgIpc) is 2.55. The summed E-state index contributed by atoms with van der Waals surface area (Å²) in [4.78, 5) is 30.0. The molecule has 0 aliphatic carbocycles. The molecule has 0 aliphatic heterocycles. The highest BCUT2D eigenvalue weighted by Crippen LogP contribution is 2.14. The van der Waals surface area contributed by atoms with Gasteiger partial charge in [-0.1, -0.05) is 29.8 Å². The van der Waals surface area contributed by atoms with Crippen LogP contribution >= 0.6 is 0 Å². The Labute approximate surface area is 141 Å². The molecular formula is C18H22N4O2. The number of aryl methyl sites for hydroxylation is 1. The van der Waals surface area contributed by atoms with Crippen LogP contribution in [0.1, 0.15) is 24.1 Å². The van der Waals surface area contributed by atoms with E-state index >= 15 is 0 Å². The van der Waals surface area contributed by atoms with Crippen molar-refractivity contribution in [2.45, 2.75) is 19.9 Å². The number of carbonyl (C=O) groups is 2. The second-order valence-electron chi connectivity index (χ2n) is 5.86. The van der Waals surface area contributed by atoms with E-state index in [0.29, 0.717) is 5.69 Å². The molecule has 1 aromatic carbocycles. The van der Waals surface area contributed by atoms with Crippen LogP contribution in [0.3, 0.4) is 0 Å². The Morgan fingerprint density at radius 2 is 1.71 bits per heavy atom. The summed E-state index contributed by atoms with van der Waals surface area (Å²) in [6, 6.07) is 11.0. The molecule has 6 nitrogen and oxygen atoms in total. The SMILES string of the molecule is Cc1ccc(C(C)NC(=O)C(=O)Nc2ccc(N(C)C)nc2)cc1. The first-order chi connectivity index (χ1) is 11.4. The number of aromatic nitrogens is 1. The molecule has 0 aliphatic rings. The first-order valence-corrected chi connectivity index (χ1v) is 7.68. The number of rotatable bonds is 4. The maximum absolute atomic E-state index is 12.0. The van der Waals surface area contributed by atoms with Gasteiger partial charge in [0.2, 0.25) is 0 Å². The molecule has 24 heavy (non-hydrogen) atoms. The monoisotopic (exact) mass is 326 g/mol. The van der Waals surface area contributed by atoms with Crippen LogP contribution in [0.2, 0.25) is 0 Å². The van der Waals surface area contributed by atoms with E-state index in [1.165, 1.54) is 6.20 Å². The first-order valence-electron chi connectivity index (χ1n) is 7.68. The summed E-state index contributed by atoms with van der Waals surface area (Å²) in [6.45, 7) is 3.83. The minimum Gasteiger partial charge on any atom is -0.363 e. The van der Waals surface area contributed by atoms with Gasteiger partial charge in [-0.05, 0) is 31.5 Å². The third-order valence-electron chi connectivity index (χ3n) is 3.60. The zero-order valence-electron chi connectivity index (χ0n) is 14.3. The predicted octanol–water partition coefficient (Wildman–Crippen LogP) is 2.27. The second kappa shape index (κ2) is 7.59. The van der Waals surface area contributed by atoms with Crippen molar-refractivity contribution < 1.29 is 9.59 Å². The number of carbonyl (C=O) groups excluding carboxylic acids is 2. The number of nitrogens with zero attached hydrogens (tertiary/aromatic N) is 2. The third-order valence-corrected chi connectivity index (χ3v) is 3.60. The summed E-state index contributed by atoms with van der Waals surface area (Å²) < 4.78 is 0. The van der Waals surface area contributed by atoms with Crippen molar-refractivity contribution in [3.63, 3.8) is 0 Å². The lowest BCUT2D eigenvalue weighted by atomic mass is 10.1. The number of nitrogens with one attached hydrogen (secondary N) is 2. The van der Waals surface area contributed by atoms with Crippen molar-refractivity contribution in [1.82, 2.24) is 10.3 Å². The van der Waals surface area contributed by atoms with E-state index in [-0.39, 0.29) is 6.04 Å². The Hall–Kier alpha value is -2.89. The molecule has 2 N–H and O–H groups in total. The largest absolute Gasteiger partial charge is 0.363 e. The van der Waals surface area contributed by atoms with Crippen molar-refractivity contribution in [1.29, 1.82) is 0 Å². The van der Waals surface area contributed by atoms with E-state index in [1.54, 1.807) is 12.1 Å². The Bertz CT molecular complexity index is 709. The maximum Gasteiger partial charge on any atom is 0.313 e. The van der Waals surface area contributed by atoms with E-state index in [2.05, 4.69) is 15.6 Å². The first kappa shape index (κ1) is 17.5. The predicted molar refractivity (Wildman–Crippen MR) is 94.9 cm³/mol. The van der Waals surface area contributed by atoms with Crippen LogP contribution in [-0.4, -0.2) is 30.9 Å². The van der Waals surface area contributed by atoms with Crippen molar-refractivity contribution in [3.05, 3.63) is 53.7 Å². The molecule has 1 aromatic heterocycles. The van der Waals surface area contributed by atoms with Crippen LogP contribution in [0.15, 0.2) is 42.6 Å². The Kier molecular flexibility index (Phi) is 5.52. The summed E-state index contributed by atoms with van der Waals surface area (Å²) in [6.07, 6.45) is 1.52. The van der Waals surface area contributed by atoms with Gasteiger partial charge >= 0.3 is 11.8 Å². The minimum atomic E-state index is -0.714. The number of hydrogen-bond donors (Lipinski definition) is 2. The van der Waals surface area contributed by atoms with Gasteiger partial charge in [-0.25, -0.2) is 4.98 Å². The van der Waals surface area contributed by atoms with E-state index in [1.807, 2.05) is 57.1 Å². The van der Waals surface area contributed by atoms with Crippen LogP contribution in [0.4, 0.5) is 11.5 Å². The molecule has 0 fully saturated rings. The van der Waals surface area contributed by atoms with Crippen molar-refractivity contribution in [3.8, 4) is 0 Å². The van der Waals surface area contributed by atoms with Crippen LogP contribution in [0, 0.1) is 6.92 Å². The van der Waals surface area contributed by atoms with Gasteiger partial charge in [0.1, 0.15) is 5.82 Å². The third kappa shape index (κ3) is 4.55. The molecule has 2 aromatic rings. The number of pyridine rings is 1. The molecule has 0 bridgehead atoms. The molecule has 0 saturated heterocycles. The molecule has 1 atom stereocenters. The van der Waals surface area contributed by atoms with Crippen LogP contribution in [0.5, 0.6) is 0 Å². The summed E-state index contributed by atoms with van der Waals surface area (Å²) in [5.74, 6) is -0.626. The van der Waals surface area contributed by atoms with Gasteiger partial charge in [0.15, 0.2) is 0 Å². The van der Waals surface area contributed by atoms with Gasteiger partial charge in [0, 0.05) is 14.1 Å². The second-order valence-corrected chi connectivity index (χ2v) is 5.86. The maximum atomic E-state index is 12.0. The fourth-order valence-corrected chi connectivity index (χ4v) is 2.11. The standard InChI is InChI=1S/C18H22N4O2/c1-12-5-7-14(8-6-12)13(2)20-17(23)18(24)21-15-9-10-16(19-11-15)22(3)4/h5-11,13H,1-4H3,(H,20,23)(H,21,24). The van der Waals surface area contributed by atoms with Crippen LogP contribution in [-0.2, 0) is 9.59 Å². The van der Waals surface area contributed by atoms with Gasteiger partial charge < -0.3 is 15.5 Å². The molecule has 2 amide bonds. The fraction of sp³-hybridized carbons (Fsp3) is 0.278. The molecule has 6 heteroatoms. The molecule has 1 unspecified atom stereocenters. The lowest BCUT2D eigenvalue weighted by Gasteiger charge is -2.15. The number of benzene rings is 1. The molecule has 0 spiro atoms. The quantitative estimate of drug-likeness (QED) is 0.845. The van der Waals surface area contributed by atoms with E-state index in [4.69, 9.17) is 0 Å². The number of anilines is 2. The molecular weight excluding hydrogens is 304 g/mol. The van der Waals surface area contributed by atoms with Crippen molar-refractivity contribution in [2.24, 2.45) is 0 Å². The van der Waals surface area contributed by atoms with E-state index < -0.39 is 11.8 Å². The highest BCUT2D eigenvalue weighted by molar-refractivity contribution is 6.39. The van der Waals surface area contributed by atoms with Gasteiger partial charge in [-0.15, -0.1) is 0 Å². The highest BCUT2D eigenvalue weighted by Gasteiger charge is 2.17.